The molecule has 3 rings (SSSR count). The van der Waals surface area contributed by atoms with Crippen molar-refractivity contribution < 1.29 is 4.79 Å². The maximum absolute atomic E-state index is 12.2. The van der Waals surface area contributed by atoms with Crippen molar-refractivity contribution >= 4 is 45.2 Å². The molecule has 0 aliphatic carbocycles. The van der Waals surface area contributed by atoms with Crippen molar-refractivity contribution in [2.75, 3.05) is 6.54 Å². The van der Waals surface area contributed by atoms with E-state index < -0.39 is 0 Å². The summed E-state index contributed by atoms with van der Waals surface area (Å²) in [6, 6.07) is 11.9. The van der Waals surface area contributed by atoms with Crippen LogP contribution in [0, 0.1) is 0 Å². The van der Waals surface area contributed by atoms with E-state index in [1.54, 1.807) is 12.3 Å². The number of nitrogens with one attached hydrogen (secondary N) is 1. The summed E-state index contributed by atoms with van der Waals surface area (Å²) in [5.41, 5.74) is 2.09. The van der Waals surface area contributed by atoms with Gasteiger partial charge >= 0.3 is 0 Å². The number of benzene rings is 1. The van der Waals surface area contributed by atoms with Gasteiger partial charge in [-0.3, -0.25) is 15.1 Å². The zero-order chi connectivity index (χ0) is 18.4. The molecular weight excluding hydrogens is 410 g/mol. The standard InChI is InChI=1S/C20H20BrN3OS/c21-17-9-6-15(7-10-17)8-11-19(25)23-20(26)24-13-2-1-5-18(24)16-4-3-12-22-14-16/h3-4,6-12,14,18H,1-2,5,13H2,(H,23,25,26). The van der Waals surface area contributed by atoms with Crippen molar-refractivity contribution in [3.63, 3.8) is 0 Å². The summed E-state index contributed by atoms with van der Waals surface area (Å²) in [5, 5.41) is 3.31. The molecule has 0 spiro atoms. The van der Waals surface area contributed by atoms with Crippen LogP contribution in [-0.4, -0.2) is 27.4 Å². The minimum Gasteiger partial charge on any atom is -0.342 e. The summed E-state index contributed by atoms with van der Waals surface area (Å²) in [4.78, 5) is 18.6. The molecule has 1 aromatic heterocycles. The van der Waals surface area contributed by atoms with Gasteiger partial charge < -0.3 is 4.90 Å². The number of halogens is 1. The molecule has 0 bridgehead atoms. The number of carbonyl (C=O) groups excluding carboxylic acids is 1. The molecular formula is C20H20BrN3OS. The van der Waals surface area contributed by atoms with Crippen LogP contribution in [0.15, 0.2) is 59.3 Å². The molecule has 4 nitrogen and oxygen atoms in total. The Morgan fingerprint density at radius 1 is 1.27 bits per heavy atom. The number of aromatic nitrogens is 1. The monoisotopic (exact) mass is 429 g/mol. The summed E-state index contributed by atoms with van der Waals surface area (Å²) in [6.07, 6.45) is 10.2. The number of rotatable bonds is 3. The zero-order valence-corrected chi connectivity index (χ0v) is 16.7. The molecule has 6 heteroatoms. The number of nitrogens with zero attached hydrogens (tertiary/aromatic N) is 2. The average Bonchev–Trinajstić information content (AvgIpc) is 2.68. The Hall–Kier alpha value is -2.05. The minimum atomic E-state index is -0.214. The number of hydrogen-bond acceptors (Lipinski definition) is 3. The van der Waals surface area contributed by atoms with Crippen molar-refractivity contribution in [1.29, 1.82) is 0 Å². The van der Waals surface area contributed by atoms with E-state index in [2.05, 4.69) is 37.2 Å². The lowest BCUT2D eigenvalue weighted by atomic mass is 9.97. The van der Waals surface area contributed by atoms with Gasteiger partial charge in [-0.05, 0) is 66.9 Å². The molecule has 0 saturated carbocycles. The third-order valence-electron chi connectivity index (χ3n) is 4.36. The molecule has 2 heterocycles. The van der Waals surface area contributed by atoms with Crippen molar-refractivity contribution in [1.82, 2.24) is 15.2 Å². The van der Waals surface area contributed by atoms with Gasteiger partial charge in [0.25, 0.3) is 0 Å². The van der Waals surface area contributed by atoms with Crippen LogP contribution in [0.25, 0.3) is 6.08 Å². The van der Waals surface area contributed by atoms with Crippen LogP contribution in [0.2, 0.25) is 0 Å². The number of pyridine rings is 1. The molecule has 26 heavy (non-hydrogen) atoms. The number of likely N-dealkylation sites (tertiary alicyclic amines) is 1. The maximum Gasteiger partial charge on any atom is 0.250 e. The van der Waals surface area contributed by atoms with Crippen LogP contribution in [0.3, 0.4) is 0 Å². The van der Waals surface area contributed by atoms with Gasteiger partial charge in [-0.2, -0.15) is 0 Å². The highest BCUT2D eigenvalue weighted by Crippen LogP contribution is 2.30. The minimum absolute atomic E-state index is 0.167. The predicted molar refractivity (Wildman–Crippen MR) is 111 cm³/mol. The Kier molecular flexibility index (Phi) is 6.52. The number of hydrogen-bond donors (Lipinski definition) is 1. The normalized spacial score (nSPS) is 17.3. The summed E-state index contributed by atoms with van der Waals surface area (Å²) >= 11 is 8.91. The first-order chi connectivity index (χ1) is 12.6. The average molecular weight is 430 g/mol. The summed E-state index contributed by atoms with van der Waals surface area (Å²) in [7, 11) is 0. The van der Waals surface area contributed by atoms with Crippen molar-refractivity contribution in [2.45, 2.75) is 25.3 Å². The quantitative estimate of drug-likeness (QED) is 0.576. The number of carbonyl (C=O) groups is 1. The Morgan fingerprint density at radius 3 is 2.81 bits per heavy atom. The smallest absolute Gasteiger partial charge is 0.250 e. The van der Waals surface area contributed by atoms with Gasteiger partial charge in [0.1, 0.15) is 0 Å². The van der Waals surface area contributed by atoms with Gasteiger partial charge in [0.2, 0.25) is 5.91 Å². The van der Waals surface area contributed by atoms with E-state index in [9.17, 15) is 4.79 Å². The molecule has 1 saturated heterocycles. The fourth-order valence-corrected chi connectivity index (χ4v) is 3.64. The van der Waals surface area contributed by atoms with Gasteiger partial charge in [-0.1, -0.05) is 34.1 Å². The van der Waals surface area contributed by atoms with Gasteiger partial charge in [-0.15, -0.1) is 0 Å². The lowest BCUT2D eigenvalue weighted by Crippen LogP contribution is -2.46. The van der Waals surface area contributed by atoms with E-state index >= 15 is 0 Å². The van der Waals surface area contributed by atoms with E-state index in [1.807, 2.05) is 36.5 Å². The molecule has 1 aliphatic heterocycles. The highest BCUT2D eigenvalue weighted by Gasteiger charge is 2.26. The molecule has 1 amide bonds. The largest absolute Gasteiger partial charge is 0.342 e. The number of piperidine rings is 1. The Morgan fingerprint density at radius 2 is 2.08 bits per heavy atom. The highest BCUT2D eigenvalue weighted by atomic mass is 79.9. The van der Waals surface area contributed by atoms with Crippen molar-refractivity contribution in [3.8, 4) is 0 Å². The van der Waals surface area contributed by atoms with Crippen LogP contribution in [0.1, 0.15) is 36.4 Å². The SMILES string of the molecule is O=C(C=Cc1ccc(Br)cc1)NC(=S)N1CCCCC1c1cccnc1. The molecule has 134 valence electrons. The Bertz CT molecular complexity index is 792. The Labute approximate surface area is 167 Å². The lowest BCUT2D eigenvalue weighted by molar-refractivity contribution is -0.115. The van der Waals surface area contributed by atoms with Gasteiger partial charge in [0, 0.05) is 29.5 Å². The van der Waals surface area contributed by atoms with E-state index in [4.69, 9.17) is 12.2 Å². The second-order valence-electron chi connectivity index (χ2n) is 6.17. The van der Waals surface area contributed by atoms with Crippen molar-refractivity contribution in [2.24, 2.45) is 0 Å². The maximum atomic E-state index is 12.2. The molecule has 1 aliphatic rings. The van der Waals surface area contributed by atoms with Gasteiger partial charge in [0.15, 0.2) is 5.11 Å². The van der Waals surface area contributed by atoms with E-state index in [0.717, 1.165) is 41.4 Å². The molecule has 1 aromatic carbocycles. The first kappa shape index (κ1) is 18.7. The second kappa shape index (κ2) is 9.05. The number of amides is 1. The molecule has 0 radical (unpaired) electrons. The third-order valence-corrected chi connectivity index (χ3v) is 5.23. The van der Waals surface area contributed by atoms with Crippen LogP contribution >= 0.6 is 28.1 Å². The number of thiocarbonyl (C=S) groups is 1. The van der Waals surface area contributed by atoms with Crippen LogP contribution in [0.4, 0.5) is 0 Å². The third kappa shape index (κ3) is 4.99. The van der Waals surface area contributed by atoms with E-state index in [1.165, 1.54) is 6.08 Å². The first-order valence-electron chi connectivity index (χ1n) is 8.58. The summed E-state index contributed by atoms with van der Waals surface area (Å²) in [6.45, 7) is 0.842. The van der Waals surface area contributed by atoms with Crippen LogP contribution in [-0.2, 0) is 4.79 Å². The molecule has 1 atom stereocenters. The topological polar surface area (TPSA) is 45.2 Å². The predicted octanol–water partition coefficient (Wildman–Crippen LogP) is 4.49. The first-order valence-corrected chi connectivity index (χ1v) is 9.79. The van der Waals surface area contributed by atoms with Crippen LogP contribution in [0.5, 0.6) is 0 Å². The molecule has 2 aromatic rings. The lowest BCUT2D eigenvalue weighted by Gasteiger charge is -2.37. The van der Waals surface area contributed by atoms with Crippen LogP contribution < -0.4 is 5.32 Å². The zero-order valence-electron chi connectivity index (χ0n) is 14.3. The van der Waals surface area contributed by atoms with Gasteiger partial charge in [0.05, 0.1) is 6.04 Å². The van der Waals surface area contributed by atoms with E-state index in [-0.39, 0.29) is 11.9 Å². The molecule has 1 fully saturated rings. The fourth-order valence-electron chi connectivity index (χ4n) is 3.06. The van der Waals surface area contributed by atoms with Crippen molar-refractivity contribution in [3.05, 3.63) is 70.5 Å². The van der Waals surface area contributed by atoms with E-state index in [0.29, 0.717) is 5.11 Å². The van der Waals surface area contributed by atoms with Gasteiger partial charge in [-0.25, -0.2) is 0 Å². The molecule has 1 unspecified atom stereocenters. The highest BCUT2D eigenvalue weighted by molar-refractivity contribution is 9.10. The summed E-state index contributed by atoms with van der Waals surface area (Å²) in [5.74, 6) is -0.214. The fraction of sp³-hybridized carbons (Fsp3) is 0.250. The summed E-state index contributed by atoms with van der Waals surface area (Å²) < 4.78 is 1.01. The second-order valence-corrected chi connectivity index (χ2v) is 7.47. The molecule has 1 N–H and O–H groups in total. The Balaban J connectivity index is 1.63.